The number of nitrogens with zero attached hydrogens (tertiary/aromatic N) is 2. The van der Waals surface area contributed by atoms with Crippen LogP contribution in [0.3, 0.4) is 0 Å². The van der Waals surface area contributed by atoms with E-state index in [1.165, 1.54) is 0 Å². The van der Waals surface area contributed by atoms with Crippen molar-refractivity contribution in [1.82, 2.24) is 15.5 Å². The van der Waals surface area contributed by atoms with E-state index in [1.54, 1.807) is 26.4 Å². The molecule has 0 spiro atoms. The third-order valence-corrected chi connectivity index (χ3v) is 4.45. The molecule has 0 saturated heterocycles. The number of amides is 1. The van der Waals surface area contributed by atoms with Crippen molar-refractivity contribution in [3.8, 4) is 11.5 Å². The van der Waals surface area contributed by atoms with Crippen LogP contribution in [0.5, 0.6) is 11.5 Å². The summed E-state index contributed by atoms with van der Waals surface area (Å²) in [5, 5.41) is 14.2. The van der Waals surface area contributed by atoms with Crippen molar-refractivity contribution >= 4 is 17.4 Å². The molecule has 0 aliphatic heterocycles. The first-order chi connectivity index (χ1) is 14.1. The zero-order valence-corrected chi connectivity index (χ0v) is 16.7. The summed E-state index contributed by atoms with van der Waals surface area (Å²) in [6.45, 7) is 2.48. The number of hydrogen-bond acceptors (Lipinski definition) is 6. The third-order valence-electron chi connectivity index (χ3n) is 4.45. The highest BCUT2D eigenvalue weighted by Crippen LogP contribution is 2.27. The van der Waals surface area contributed by atoms with E-state index in [0.717, 1.165) is 16.8 Å². The summed E-state index contributed by atoms with van der Waals surface area (Å²) in [5.74, 6) is 1.66. The van der Waals surface area contributed by atoms with Gasteiger partial charge in [0.1, 0.15) is 0 Å². The third kappa shape index (κ3) is 5.22. The van der Waals surface area contributed by atoms with E-state index in [-0.39, 0.29) is 11.6 Å². The van der Waals surface area contributed by atoms with Gasteiger partial charge in [0.2, 0.25) is 0 Å². The van der Waals surface area contributed by atoms with Crippen LogP contribution in [0, 0.1) is 6.92 Å². The number of nitrogens with one attached hydrogen (secondary N) is 2. The van der Waals surface area contributed by atoms with E-state index in [1.807, 2.05) is 49.4 Å². The smallest absolute Gasteiger partial charge is 0.271 e. The van der Waals surface area contributed by atoms with E-state index in [4.69, 9.17) is 9.47 Å². The van der Waals surface area contributed by atoms with Gasteiger partial charge in [-0.1, -0.05) is 24.3 Å². The predicted molar refractivity (Wildman–Crippen MR) is 112 cm³/mol. The Morgan fingerprint density at radius 2 is 1.76 bits per heavy atom. The molecule has 3 rings (SSSR count). The molecule has 0 unspecified atom stereocenters. The molecule has 0 saturated carbocycles. The van der Waals surface area contributed by atoms with E-state index in [9.17, 15) is 4.79 Å². The SMILES string of the molecule is COc1ccc(CCNC(=O)c2ccc(Nc3ccccc3C)nn2)cc1OC. The van der Waals surface area contributed by atoms with Crippen molar-refractivity contribution in [3.05, 3.63) is 71.4 Å². The highest BCUT2D eigenvalue weighted by atomic mass is 16.5. The number of carbonyl (C=O) groups is 1. The molecule has 29 heavy (non-hydrogen) atoms. The number of aromatic nitrogens is 2. The molecule has 1 heterocycles. The lowest BCUT2D eigenvalue weighted by atomic mass is 10.1. The van der Waals surface area contributed by atoms with Crippen molar-refractivity contribution in [1.29, 1.82) is 0 Å². The van der Waals surface area contributed by atoms with Crippen molar-refractivity contribution < 1.29 is 14.3 Å². The number of aryl methyl sites for hydroxylation is 1. The van der Waals surface area contributed by atoms with Crippen LogP contribution in [0.15, 0.2) is 54.6 Å². The quantitative estimate of drug-likeness (QED) is 0.610. The van der Waals surface area contributed by atoms with Crippen LogP contribution in [0.2, 0.25) is 0 Å². The van der Waals surface area contributed by atoms with Crippen LogP contribution in [0.4, 0.5) is 11.5 Å². The summed E-state index contributed by atoms with van der Waals surface area (Å²) >= 11 is 0. The molecule has 0 radical (unpaired) electrons. The second kappa shape index (κ2) is 9.54. The van der Waals surface area contributed by atoms with E-state index < -0.39 is 0 Å². The van der Waals surface area contributed by atoms with Gasteiger partial charge in [0.15, 0.2) is 23.0 Å². The zero-order valence-electron chi connectivity index (χ0n) is 16.7. The summed E-state index contributed by atoms with van der Waals surface area (Å²) in [6.07, 6.45) is 0.659. The number of para-hydroxylation sites is 1. The lowest BCUT2D eigenvalue weighted by Gasteiger charge is -2.10. The van der Waals surface area contributed by atoms with Gasteiger partial charge in [-0.25, -0.2) is 0 Å². The average Bonchev–Trinajstić information content (AvgIpc) is 2.75. The molecule has 7 heteroatoms. The van der Waals surface area contributed by atoms with Crippen LogP contribution >= 0.6 is 0 Å². The fraction of sp³-hybridized carbons (Fsp3) is 0.227. The van der Waals surface area contributed by atoms with Gasteiger partial charge >= 0.3 is 0 Å². The van der Waals surface area contributed by atoms with Crippen molar-refractivity contribution in [3.63, 3.8) is 0 Å². The number of benzene rings is 2. The van der Waals surface area contributed by atoms with Gasteiger partial charge in [-0.2, -0.15) is 0 Å². The molecule has 7 nitrogen and oxygen atoms in total. The Balaban J connectivity index is 1.54. The number of methoxy groups -OCH3 is 2. The van der Waals surface area contributed by atoms with E-state index in [2.05, 4.69) is 20.8 Å². The molecule has 0 aliphatic rings. The lowest BCUT2D eigenvalue weighted by molar-refractivity contribution is 0.0948. The number of rotatable bonds is 8. The van der Waals surface area contributed by atoms with Gasteiger partial charge in [-0.05, 0) is 54.8 Å². The van der Waals surface area contributed by atoms with Crippen molar-refractivity contribution in [2.24, 2.45) is 0 Å². The summed E-state index contributed by atoms with van der Waals surface area (Å²) in [7, 11) is 3.19. The minimum atomic E-state index is -0.264. The first-order valence-electron chi connectivity index (χ1n) is 9.26. The van der Waals surface area contributed by atoms with Crippen LogP contribution in [0.25, 0.3) is 0 Å². The van der Waals surface area contributed by atoms with Crippen molar-refractivity contribution in [2.45, 2.75) is 13.3 Å². The summed E-state index contributed by atoms with van der Waals surface area (Å²) < 4.78 is 10.5. The Kier molecular flexibility index (Phi) is 6.63. The molecular weight excluding hydrogens is 368 g/mol. The Bertz CT molecular complexity index is 974. The second-order valence-electron chi connectivity index (χ2n) is 6.44. The second-order valence-corrected chi connectivity index (χ2v) is 6.44. The monoisotopic (exact) mass is 392 g/mol. The molecule has 0 aliphatic carbocycles. The Morgan fingerprint density at radius 1 is 0.966 bits per heavy atom. The first kappa shape index (κ1) is 20.1. The van der Waals surface area contributed by atoms with Gasteiger partial charge in [0.05, 0.1) is 14.2 Å². The minimum Gasteiger partial charge on any atom is -0.493 e. The molecule has 2 N–H and O–H groups in total. The molecular formula is C22H24N4O3. The summed E-state index contributed by atoms with van der Waals surface area (Å²) in [5.41, 5.74) is 3.36. The van der Waals surface area contributed by atoms with Crippen LogP contribution in [-0.4, -0.2) is 36.9 Å². The first-order valence-corrected chi connectivity index (χ1v) is 9.26. The molecule has 150 valence electrons. The fourth-order valence-corrected chi connectivity index (χ4v) is 2.82. The van der Waals surface area contributed by atoms with E-state index >= 15 is 0 Å². The molecule has 1 aromatic heterocycles. The molecule has 1 amide bonds. The van der Waals surface area contributed by atoms with Crippen LogP contribution < -0.4 is 20.1 Å². The Labute approximate surface area is 170 Å². The normalized spacial score (nSPS) is 10.3. The van der Waals surface area contributed by atoms with Crippen LogP contribution in [0.1, 0.15) is 21.6 Å². The predicted octanol–water partition coefficient (Wildman–Crippen LogP) is 3.52. The Hall–Kier alpha value is -3.61. The molecule has 0 fully saturated rings. The minimum absolute atomic E-state index is 0.264. The van der Waals surface area contributed by atoms with Gasteiger partial charge in [0, 0.05) is 12.2 Å². The number of carbonyl (C=O) groups excluding carboxylic acids is 1. The molecule has 0 bridgehead atoms. The molecule has 0 atom stereocenters. The molecule has 2 aromatic carbocycles. The number of ether oxygens (including phenoxy) is 2. The maximum atomic E-state index is 12.3. The highest BCUT2D eigenvalue weighted by molar-refractivity contribution is 5.92. The van der Waals surface area contributed by atoms with Crippen LogP contribution in [-0.2, 0) is 6.42 Å². The topological polar surface area (TPSA) is 85.4 Å². The van der Waals surface area contributed by atoms with Gasteiger partial charge in [-0.15, -0.1) is 10.2 Å². The largest absolute Gasteiger partial charge is 0.493 e. The van der Waals surface area contributed by atoms with Gasteiger partial charge < -0.3 is 20.1 Å². The maximum Gasteiger partial charge on any atom is 0.271 e. The van der Waals surface area contributed by atoms with Crippen molar-refractivity contribution in [2.75, 3.05) is 26.1 Å². The summed E-state index contributed by atoms with van der Waals surface area (Å²) in [6, 6.07) is 17.0. The van der Waals surface area contributed by atoms with E-state index in [0.29, 0.717) is 30.3 Å². The average molecular weight is 392 g/mol. The maximum absolute atomic E-state index is 12.3. The van der Waals surface area contributed by atoms with Gasteiger partial charge in [0.25, 0.3) is 5.91 Å². The lowest BCUT2D eigenvalue weighted by Crippen LogP contribution is -2.26. The zero-order chi connectivity index (χ0) is 20.6. The number of hydrogen-bond donors (Lipinski definition) is 2. The highest BCUT2D eigenvalue weighted by Gasteiger charge is 2.09. The molecule has 3 aromatic rings. The Morgan fingerprint density at radius 3 is 2.45 bits per heavy atom. The van der Waals surface area contributed by atoms with Gasteiger partial charge in [-0.3, -0.25) is 4.79 Å². The standard InChI is InChI=1S/C22H24N4O3/c1-15-6-4-5-7-17(15)24-21-11-9-18(25-26-21)22(27)23-13-12-16-8-10-19(28-2)20(14-16)29-3/h4-11,14H,12-13H2,1-3H3,(H,23,27)(H,24,26). The summed E-state index contributed by atoms with van der Waals surface area (Å²) in [4.78, 5) is 12.3. The number of anilines is 2. The fourth-order valence-electron chi connectivity index (χ4n) is 2.82.